The van der Waals surface area contributed by atoms with Crippen LogP contribution in [0.3, 0.4) is 0 Å². The molecule has 0 aliphatic carbocycles. The third-order valence-corrected chi connectivity index (χ3v) is 10.8. The Morgan fingerprint density at radius 2 is 1.77 bits per heavy atom. The van der Waals surface area contributed by atoms with Gasteiger partial charge in [-0.2, -0.15) is 8.61 Å². The first-order chi connectivity index (χ1) is 18.5. The number of fused-ring (bicyclic) bond motifs is 1. The topological polar surface area (TPSA) is 113 Å². The van der Waals surface area contributed by atoms with E-state index < -0.39 is 38.1 Å². The minimum absolute atomic E-state index is 0.0158. The summed E-state index contributed by atoms with van der Waals surface area (Å²) < 4.78 is 68.4. The predicted octanol–water partition coefficient (Wildman–Crippen LogP) is 3.45. The van der Waals surface area contributed by atoms with Gasteiger partial charge in [0.05, 0.1) is 25.2 Å². The maximum Gasteiger partial charge on any atom is 0.247 e. The third kappa shape index (κ3) is 5.82. The SMILES string of the molecule is COc1ccccc1-c1ccc2c(c1)O[C@H](CN(C)S(=O)(=O)c1ccccc1)[C@H](C)CN([C@H](C)CO)S2(=O)=O. The number of ether oxygens (including phenoxy) is 2. The molecule has 0 unspecified atom stereocenters. The van der Waals surface area contributed by atoms with E-state index in [1.807, 2.05) is 31.2 Å². The summed E-state index contributed by atoms with van der Waals surface area (Å²) in [7, 11) is -4.81. The molecule has 3 atom stereocenters. The van der Waals surface area contributed by atoms with E-state index in [1.54, 1.807) is 44.4 Å². The van der Waals surface area contributed by atoms with E-state index >= 15 is 0 Å². The molecule has 0 spiro atoms. The zero-order valence-electron chi connectivity index (χ0n) is 22.4. The van der Waals surface area contributed by atoms with Crippen LogP contribution in [0.2, 0.25) is 0 Å². The van der Waals surface area contributed by atoms with E-state index in [-0.39, 0.29) is 35.2 Å². The number of para-hydroxylation sites is 1. The zero-order valence-corrected chi connectivity index (χ0v) is 24.0. The van der Waals surface area contributed by atoms with Gasteiger partial charge >= 0.3 is 0 Å². The van der Waals surface area contributed by atoms with Crippen molar-refractivity contribution in [2.75, 3.05) is 33.9 Å². The highest BCUT2D eigenvalue weighted by atomic mass is 32.2. The summed E-state index contributed by atoms with van der Waals surface area (Å²) in [6.07, 6.45) is -0.691. The molecule has 3 aromatic rings. The molecule has 0 saturated carbocycles. The first kappa shape index (κ1) is 29.0. The number of likely N-dealkylation sites (N-methyl/N-ethyl adjacent to an activating group) is 1. The molecule has 0 bridgehead atoms. The Kier molecular flexibility index (Phi) is 8.67. The molecule has 1 N–H and O–H groups in total. The minimum Gasteiger partial charge on any atom is -0.496 e. The van der Waals surface area contributed by atoms with Crippen molar-refractivity contribution < 1.29 is 31.4 Å². The molecule has 1 aliphatic rings. The zero-order chi connectivity index (χ0) is 28.4. The van der Waals surface area contributed by atoms with Crippen molar-refractivity contribution in [2.45, 2.75) is 35.8 Å². The molecule has 0 aromatic heterocycles. The van der Waals surface area contributed by atoms with E-state index in [0.29, 0.717) is 11.3 Å². The van der Waals surface area contributed by atoms with Crippen LogP contribution in [0.5, 0.6) is 11.5 Å². The number of nitrogens with zero attached hydrogens (tertiary/aromatic N) is 2. The Morgan fingerprint density at radius 1 is 1.10 bits per heavy atom. The van der Waals surface area contributed by atoms with Crippen LogP contribution in [0, 0.1) is 5.92 Å². The standard InChI is InChI=1S/C28H34N2O7S2/c1-20-17-30(21(2)19-31)39(34,35)28-15-14-22(24-12-8-9-13-25(24)36-4)16-26(28)37-27(20)18-29(3)38(32,33)23-10-6-5-7-11-23/h5-16,20-21,27,31H,17-19H2,1-4H3/t20-,21-,27-/m1/s1. The van der Waals surface area contributed by atoms with Crippen molar-refractivity contribution in [3.8, 4) is 22.6 Å². The van der Waals surface area contributed by atoms with Crippen LogP contribution < -0.4 is 9.47 Å². The lowest BCUT2D eigenvalue weighted by molar-refractivity contribution is 0.0905. The second-order valence-electron chi connectivity index (χ2n) is 9.70. The van der Waals surface area contributed by atoms with E-state index in [4.69, 9.17) is 9.47 Å². The summed E-state index contributed by atoms with van der Waals surface area (Å²) >= 11 is 0. The summed E-state index contributed by atoms with van der Waals surface area (Å²) in [5, 5.41) is 9.87. The number of sulfonamides is 2. The molecule has 11 heteroatoms. The van der Waals surface area contributed by atoms with E-state index in [1.165, 1.54) is 33.9 Å². The second kappa shape index (κ2) is 11.6. The van der Waals surface area contributed by atoms with Crippen LogP contribution in [0.15, 0.2) is 82.6 Å². The molecule has 3 aromatic carbocycles. The van der Waals surface area contributed by atoms with Crippen molar-refractivity contribution in [1.29, 1.82) is 0 Å². The predicted molar refractivity (Wildman–Crippen MR) is 149 cm³/mol. The average Bonchev–Trinajstić information content (AvgIpc) is 2.94. The summed E-state index contributed by atoms with van der Waals surface area (Å²) in [6.45, 7) is 3.11. The first-order valence-electron chi connectivity index (χ1n) is 12.6. The number of rotatable bonds is 8. The highest BCUT2D eigenvalue weighted by Gasteiger charge is 2.39. The lowest BCUT2D eigenvalue weighted by Crippen LogP contribution is -2.50. The number of aliphatic hydroxyl groups is 1. The van der Waals surface area contributed by atoms with Gasteiger partial charge in [-0.25, -0.2) is 16.8 Å². The van der Waals surface area contributed by atoms with Crippen molar-refractivity contribution in [1.82, 2.24) is 8.61 Å². The number of benzene rings is 3. The summed E-state index contributed by atoms with van der Waals surface area (Å²) in [4.78, 5) is 0.106. The Morgan fingerprint density at radius 3 is 2.44 bits per heavy atom. The smallest absolute Gasteiger partial charge is 0.247 e. The molecule has 1 aliphatic heterocycles. The van der Waals surface area contributed by atoms with E-state index in [9.17, 15) is 21.9 Å². The van der Waals surface area contributed by atoms with Crippen LogP contribution in [0.1, 0.15) is 13.8 Å². The molecule has 0 radical (unpaired) electrons. The molecule has 1 heterocycles. The van der Waals surface area contributed by atoms with Crippen molar-refractivity contribution in [2.24, 2.45) is 5.92 Å². The molecule has 0 saturated heterocycles. The lowest BCUT2D eigenvalue weighted by Gasteiger charge is -2.37. The molecular formula is C28H34N2O7S2. The maximum atomic E-state index is 13.8. The fourth-order valence-electron chi connectivity index (χ4n) is 4.62. The van der Waals surface area contributed by atoms with E-state index in [2.05, 4.69) is 0 Å². The Bertz CT molecular complexity index is 1510. The Labute approximate surface area is 230 Å². The highest BCUT2D eigenvalue weighted by molar-refractivity contribution is 7.89. The minimum atomic E-state index is -4.04. The Hall–Kier alpha value is -2.96. The third-order valence-electron chi connectivity index (χ3n) is 6.97. The average molecular weight is 575 g/mol. The fourth-order valence-corrected chi connectivity index (χ4v) is 7.65. The van der Waals surface area contributed by atoms with Gasteiger partial charge in [0, 0.05) is 31.1 Å². The van der Waals surface area contributed by atoms with Crippen molar-refractivity contribution >= 4 is 20.0 Å². The number of methoxy groups -OCH3 is 1. The summed E-state index contributed by atoms with van der Waals surface area (Å²) in [6, 6.07) is 19.6. The van der Waals surface area contributed by atoms with Crippen LogP contribution in [0.25, 0.3) is 11.1 Å². The molecule has 210 valence electrons. The van der Waals surface area contributed by atoms with Crippen LogP contribution >= 0.6 is 0 Å². The highest BCUT2D eigenvalue weighted by Crippen LogP contribution is 2.38. The molecule has 0 amide bonds. The maximum absolute atomic E-state index is 13.8. The molecule has 0 fully saturated rings. The number of hydrogen-bond acceptors (Lipinski definition) is 7. The second-order valence-corrected chi connectivity index (χ2v) is 13.6. The van der Waals surface area contributed by atoms with Crippen LogP contribution in [-0.2, 0) is 20.0 Å². The molecule has 9 nitrogen and oxygen atoms in total. The summed E-state index contributed by atoms with van der Waals surface area (Å²) in [5.74, 6) is 0.307. The molecule has 39 heavy (non-hydrogen) atoms. The number of aliphatic hydroxyl groups excluding tert-OH is 1. The van der Waals surface area contributed by atoms with Gasteiger partial charge in [-0.05, 0) is 42.8 Å². The number of hydrogen-bond donors (Lipinski definition) is 1. The molecular weight excluding hydrogens is 540 g/mol. The lowest BCUT2D eigenvalue weighted by atomic mass is 10.0. The monoisotopic (exact) mass is 574 g/mol. The van der Waals surface area contributed by atoms with Crippen LogP contribution in [0.4, 0.5) is 0 Å². The van der Waals surface area contributed by atoms with Gasteiger partial charge in [-0.3, -0.25) is 0 Å². The quantitative estimate of drug-likeness (QED) is 0.438. The van der Waals surface area contributed by atoms with Gasteiger partial charge in [-0.1, -0.05) is 49.4 Å². The van der Waals surface area contributed by atoms with Gasteiger partial charge in [0.1, 0.15) is 22.5 Å². The van der Waals surface area contributed by atoms with Gasteiger partial charge in [-0.15, -0.1) is 0 Å². The van der Waals surface area contributed by atoms with Gasteiger partial charge in [0.2, 0.25) is 20.0 Å². The van der Waals surface area contributed by atoms with Crippen molar-refractivity contribution in [3.05, 3.63) is 72.8 Å². The largest absolute Gasteiger partial charge is 0.496 e. The Balaban J connectivity index is 1.80. The van der Waals surface area contributed by atoms with Gasteiger partial charge in [0.25, 0.3) is 0 Å². The van der Waals surface area contributed by atoms with Crippen LogP contribution in [-0.4, -0.2) is 76.6 Å². The summed E-state index contributed by atoms with van der Waals surface area (Å²) in [5.41, 5.74) is 1.43. The van der Waals surface area contributed by atoms with Crippen molar-refractivity contribution in [3.63, 3.8) is 0 Å². The van der Waals surface area contributed by atoms with Gasteiger partial charge in [0.15, 0.2) is 0 Å². The molecule has 4 rings (SSSR count). The normalized spacial score (nSPS) is 20.4. The van der Waals surface area contributed by atoms with Gasteiger partial charge < -0.3 is 14.6 Å². The first-order valence-corrected chi connectivity index (χ1v) is 15.5. The van der Waals surface area contributed by atoms with E-state index in [0.717, 1.165) is 5.56 Å². The fraction of sp³-hybridized carbons (Fsp3) is 0.357.